The number of carbonyl (C=O) groups is 1. The number of ether oxygens (including phenoxy) is 1. The van der Waals surface area contributed by atoms with Gasteiger partial charge in [-0.1, -0.05) is 20.8 Å². The topological polar surface area (TPSA) is 75.9 Å². The second-order valence-electron chi connectivity index (χ2n) is 6.64. The number of amides is 1. The maximum Gasteiger partial charge on any atom is 0.271 e. The number of nitro benzene ring substituents is 1. The van der Waals surface area contributed by atoms with E-state index >= 15 is 0 Å². The van der Waals surface area contributed by atoms with Crippen LogP contribution in [-0.4, -0.2) is 49.0 Å². The van der Waals surface area contributed by atoms with Gasteiger partial charge in [0.1, 0.15) is 5.75 Å². The zero-order chi connectivity index (χ0) is 17.2. The molecule has 0 atom stereocenters. The van der Waals surface area contributed by atoms with Crippen molar-refractivity contribution in [2.75, 3.05) is 38.2 Å². The second-order valence-corrected chi connectivity index (χ2v) is 6.64. The average Bonchev–Trinajstić information content (AvgIpc) is 2.52. The Labute approximate surface area is 136 Å². The zero-order valence-corrected chi connectivity index (χ0v) is 14.0. The van der Waals surface area contributed by atoms with Gasteiger partial charge in [-0.05, 0) is 6.07 Å². The van der Waals surface area contributed by atoms with Crippen molar-refractivity contribution in [1.29, 1.82) is 0 Å². The van der Waals surface area contributed by atoms with Gasteiger partial charge in [-0.3, -0.25) is 14.9 Å². The number of hydrogen-bond acceptors (Lipinski definition) is 5. The fourth-order valence-electron chi connectivity index (χ4n) is 2.66. The molecular weight excluding hydrogens is 298 g/mol. The maximum absolute atomic E-state index is 12.3. The molecule has 0 N–H and O–H groups in total. The van der Waals surface area contributed by atoms with E-state index in [1.165, 1.54) is 12.1 Å². The van der Waals surface area contributed by atoms with Gasteiger partial charge in [-0.2, -0.15) is 0 Å². The molecule has 1 aliphatic heterocycles. The van der Waals surface area contributed by atoms with Gasteiger partial charge in [0, 0.05) is 43.7 Å². The molecule has 126 valence electrons. The summed E-state index contributed by atoms with van der Waals surface area (Å²) in [5, 5.41) is 11.0. The molecule has 0 aromatic heterocycles. The molecule has 7 nitrogen and oxygen atoms in total. The number of hydrogen-bond donors (Lipinski definition) is 0. The third-order valence-corrected chi connectivity index (χ3v) is 3.92. The van der Waals surface area contributed by atoms with E-state index in [0.717, 1.165) is 0 Å². The molecule has 0 radical (unpaired) electrons. The summed E-state index contributed by atoms with van der Waals surface area (Å²) in [5.41, 5.74) is 0.337. The third kappa shape index (κ3) is 3.72. The van der Waals surface area contributed by atoms with Crippen LogP contribution in [0.2, 0.25) is 0 Å². The summed E-state index contributed by atoms with van der Waals surface area (Å²) in [6.07, 6.45) is 0. The van der Waals surface area contributed by atoms with Crippen molar-refractivity contribution in [2.24, 2.45) is 5.41 Å². The Morgan fingerprint density at radius 2 is 1.83 bits per heavy atom. The molecule has 23 heavy (non-hydrogen) atoms. The summed E-state index contributed by atoms with van der Waals surface area (Å²) in [6, 6.07) is 4.57. The fourth-order valence-corrected chi connectivity index (χ4v) is 2.66. The van der Waals surface area contributed by atoms with E-state index in [0.29, 0.717) is 37.6 Å². The van der Waals surface area contributed by atoms with Crippen molar-refractivity contribution in [1.82, 2.24) is 4.90 Å². The number of methoxy groups -OCH3 is 1. The quantitative estimate of drug-likeness (QED) is 0.631. The van der Waals surface area contributed by atoms with E-state index in [-0.39, 0.29) is 11.6 Å². The van der Waals surface area contributed by atoms with Crippen LogP contribution in [0.3, 0.4) is 0 Å². The standard InChI is InChI=1S/C16H23N3O4/c1-16(2,3)15(20)18-9-7-17(8-10-18)13-11-12(19(21)22)5-6-14(13)23-4/h5-6,11H,7-10H2,1-4H3. The molecule has 2 rings (SSSR count). The molecule has 1 fully saturated rings. The van der Waals surface area contributed by atoms with Crippen molar-refractivity contribution < 1.29 is 14.5 Å². The average molecular weight is 321 g/mol. The van der Waals surface area contributed by atoms with Crippen LogP contribution in [0.5, 0.6) is 5.75 Å². The molecule has 0 bridgehead atoms. The van der Waals surface area contributed by atoms with Crippen LogP contribution < -0.4 is 9.64 Å². The highest BCUT2D eigenvalue weighted by Gasteiger charge is 2.30. The van der Waals surface area contributed by atoms with E-state index in [1.54, 1.807) is 13.2 Å². The number of benzene rings is 1. The minimum absolute atomic E-state index is 0.0361. The minimum atomic E-state index is -0.414. The Hall–Kier alpha value is -2.31. The largest absolute Gasteiger partial charge is 0.495 e. The van der Waals surface area contributed by atoms with Crippen LogP contribution in [0.25, 0.3) is 0 Å². The van der Waals surface area contributed by atoms with E-state index < -0.39 is 10.3 Å². The molecule has 0 aliphatic carbocycles. The first-order valence-electron chi connectivity index (χ1n) is 7.61. The van der Waals surface area contributed by atoms with E-state index in [1.807, 2.05) is 30.6 Å². The summed E-state index contributed by atoms with van der Waals surface area (Å²) < 4.78 is 5.32. The number of non-ortho nitro benzene ring substituents is 1. The maximum atomic E-state index is 12.3. The van der Waals surface area contributed by atoms with Gasteiger partial charge >= 0.3 is 0 Å². The number of anilines is 1. The molecular formula is C16H23N3O4. The molecule has 1 saturated heterocycles. The molecule has 1 aromatic carbocycles. The Morgan fingerprint density at radius 3 is 2.30 bits per heavy atom. The highest BCUT2D eigenvalue weighted by atomic mass is 16.6. The predicted molar refractivity (Wildman–Crippen MR) is 87.9 cm³/mol. The van der Waals surface area contributed by atoms with Crippen LogP contribution >= 0.6 is 0 Å². The lowest BCUT2D eigenvalue weighted by Gasteiger charge is -2.38. The number of nitrogens with zero attached hydrogens (tertiary/aromatic N) is 3. The lowest BCUT2D eigenvalue weighted by atomic mass is 9.94. The fraction of sp³-hybridized carbons (Fsp3) is 0.562. The Bertz CT molecular complexity index is 602. The van der Waals surface area contributed by atoms with Gasteiger partial charge in [-0.15, -0.1) is 0 Å². The van der Waals surface area contributed by atoms with E-state index in [9.17, 15) is 14.9 Å². The van der Waals surface area contributed by atoms with Crippen molar-refractivity contribution >= 4 is 17.3 Å². The highest BCUT2D eigenvalue weighted by Crippen LogP contribution is 2.33. The Kier molecular flexibility index (Phi) is 4.77. The van der Waals surface area contributed by atoms with Crippen LogP contribution in [0, 0.1) is 15.5 Å². The lowest BCUT2D eigenvalue weighted by molar-refractivity contribution is -0.384. The zero-order valence-electron chi connectivity index (χ0n) is 14.0. The first-order chi connectivity index (χ1) is 10.7. The lowest BCUT2D eigenvalue weighted by Crippen LogP contribution is -2.51. The third-order valence-electron chi connectivity index (χ3n) is 3.92. The molecule has 7 heteroatoms. The van der Waals surface area contributed by atoms with Gasteiger partial charge in [0.15, 0.2) is 0 Å². The Balaban J connectivity index is 2.15. The van der Waals surface area contributed by atoms with Crippen molar-refractivity contribution in [3.05, 3.63) is 28.3 Å². The molecule has 0 unspecified atom stereocenters. The molecule has 0 saturated carbocycles. The van der Waals surface area contributed by atoms with Crippen LogP contribution in [0.15, 0.2) is 18.2 Å². The smallest absolute Gasteiger partial charge is 0.271 e. The monoisotopic (exact) mass is 321 g/mol. The van der Waals surface area contributed by atoms with Gasteiger partial charge in [-0.25, -0.2) is 0 Å². The van der Waals surface area contributed by atoms with Gasteiger partial charge in [0.05, 0.1) is 17.7 Å². The summed E-state index contributed by atoms with van der Waals surface area (Å²) in [4.78, 5) is 26.8. The van der Waals surface area contributed by atoms with E-state index in [4.69, 9.17) is 4.74 Å². The first kappa shape index (κ1) is 17.1. The molecule has 1 heterocycles. The Morgan fingerprint density at radius 1 is 1.22 bits per heavy atom. The van der Waals surface area contributed by atoms with Crippen LogP contribution in [-0.2, 0) is 4.79 Å². The van der Waals surface area contributed by atoms with Gasteiger partial charge in [0.25, 0.3) is 5.69 Å². The predicted octanol–water partition coefficient (Wildman–Crippen LogP) is 2.30. The summed E-state index contributed by atoms with van der Waals surface area (Å²) in [6.45, 7) is 8.17. The summed E-state index contributed by atoms with van der Waals surface area (Å²) in [5.74, 6) is 0.731. The van der Waals surface area contributed by atoms with Crippen LogP contribution in [0.1, 0.15) is 20.8 Å². The van der Waals surface area contributed by atoms with Crippen molar-refractivity contribution in [2.45, 2.75) is 20.8 Å². The van der Waals surface area contributed by atoms with Crippen molar-refractivity contribution in [3.8, 4) is 5.75 Å². The highest BCUT2D eigenvalue weighted by molar-refractivity contribution is 5.81. The van der Waals surface area contributed by atoms with Crippen molar-refractivity contribution in [3.63, 3.8) is 0 Å². The number of carbonyl (C=O) groups excluding carboxylic acids is 1. The normalized spacial score (nSPS) is 15.5. The number of piperazine rings is 1. The second kappa shape index (κ2) is 6.44. The minimum Gasteiger partial charge on any atom is -0.495 e. The summed E-state index contributed by atoms with van der Waals surface area (Å²) in [7, 11) is 1.55. The van der Waals surface area contributed by atoms with Gasteiger partial charge < -0.3 is 14.5 Å². The summed E-state index contributed by atoms with van der Waals surface area (Å²) >= 11 is 0. The molecule has 0 spiro atoms. The van der Waals surface area contributed by atoms with E-state index in [2.05, 4.69) is 0 Å². The number of nitro groups is 1. The molecule has 1 aromatic rings. The first-order valence-corrected chi connectivity index (χ1v) is 7.61. The molecule has 1 amide bonds. The van der Waals surface area contributed by atoms with Gasteiger partial charge in [0.2, 0.25) is 5.91 Å². The SMILES string of the molecule is COc1ccc([N+](=O)[O-])cc1N1CCN(C(=O)C(C)(C)C)CC1. The van der Waals surface area contributed by atoms with Crippen LogP contribution in [0.4, 0.5) is 11.4 Å². The number of rotatable bonds is 3. The molecule has 1 aliphatic rings.